The van der Waals surface area contributed by atoms with Gasteiger partial charge in [-0.3, -0.25) is 0 Å². The van der Waals surface area contributed by atoms with E-state index in [4.69, 9.17) is 11.6 Å². The van der Waals surface area contributed by atoms with Crippen molar-refractivity contribution in [2.45, 2.75) is 6.54 Å². The third-order valence-corrected chi connectivity index (χ3v) is 2.30. The summed E-state index contributed by atoms with van der Waals surface area (Å²) in [6.45, 7) is 5.00. The topological polar surface area (TPSA) is 40.7 Å². The summed E-state index contributed by atoms with van der Waals surface area (Å²) in [6, 6.07) is 3.98. The monoisotopic (exact) mass is 221 g/mol. The maximum Gasteiger partial charge on any atom is 0.137 e. The summed E-state index contributed by atoms with van der Waals surface area (Å²) in [5.74, 6) is 0. The third kappa shape index (κ3) is 2.37. The summed E-state index contributed by atoms with van der Waals surface area (Å²) in [4.78, 5) is 7.34. The fourth-order valence-electron chi connectivity index (χ4n) is 1.49. The van der Waals surface area contributed by atoms with E-state index >= 15 is 0 Å². The second-order valence-corrected chi connectivity index (χ2v) is 3.87. The van der Waals surface area contributed by atoms with E-state index in [1.807, 2.05) is 18.3 Å². The summed E-state index contributed by atoms with van der Waals surface area (Å²) < 4.78 is 0. The Kier molecular flexibility index (Phi) is 3.04. The molecule has 0 bridgehead atoms. The number of nitrogens with zero attached hydrogens (tertiary/aromatic N) is 1. The molecule has 2 aromatic heterocycles. The molecule has 2 aromatic rings. The molecule has 0 radical (unpaired) electrons. The average molecular weight is 222 g/mol. The van der Waals surface area contributed by atoms with E-state index in [1.54, 1.807) is 6.20 Å². The molecule has 0 saturated carbocycles. The Morgan fingerprint density at radius 3 is 3.27 bits per heavy atom. The van der Waals surface area contributed by atoms with Crippen molar-refractivity contribution < 1.29 is 0 Å². The molecule has 0 aliphatic heterocycles. The third-order valence-electron chi connectivity index (χ3n) is 2.17. The zero-order chi connectivity index (χ0) is 10.7. The minimum absolute atomic E-state index is 0.618. The zero-order valence-corrected chi connectivity index (χ0v) is 9.01. The number of nitrogens with one attached hydrogen (secondary N) is 2. The molecule has 0 atom stereocenters. The van der Waals surface area contributed by atoms with Crippen LogP contribution in [0, 0.1) is 0 Å². The van der Waals surface area contributed by atoms with Crippen LogP contribution in [0.25, 0.3) is 11.0 Å². The molecule has 0 amide bonds. The van der Waals surface area contributed by atoms with Crippen LogP contribution in [0.2, 0.25) is 0 Å². The molecule has 2 heterocycles. The molecule has 0 aromatic carbocycles. The first-order valence-corrected chi connectivity index (χ1v) is 5.10. The van der Waals surface area contributed by atoms with Crippen molar-refractivity contribution in [3.8, 4) is 0 Å². The molecule has 0 aliphatic carbocycles. The lowest BCUT2D eigenvalue weighted by molar-refractivity contribution is 0.759. The smallest absolute Gasteiger partial charge is 0.137 e. The van der Waals surface area contributed by atoms with Crippen molar-refractivity contribution >= 4 is 22.6 Å². The van der Waals surface area contributed by atoms with E-state index in [-0.39, 0.29) is 0 Å². The highest BCUT2D eigenvalue weighted by atomic mass is 35.5. The highest BCUT2D eigenvalue weighted by Crippen LogP contribution is 2.15. The number of rotatable bonds is 4. The van der Waals surface area contributed by atoms with Crippen LogP contribution < -0.4 is 5.32 Å². The Morgan fingerprint density at radius 1 is 1.60 bits per heavy atom. The molecule has 78 valence electrons. The Hall–Kier alpha value is -1.32. The van der Waals surface area contributed by atoms with Crippen LogP contribution in [0.5, 0.6) is 0 Å². The van der Waals surface area contributed by atoms with Gasteiger partial charge in [0, 0.05) is 35.9 Å². The molecular weight excluding hydrogens is 210 g/mol. The normalized spacial score (nSPS) is 10.7. The lowest BCUT2D eigenvalue weighted by Crippen LogP contribution is -2.14. The molecule has 2 rings (SSSR count). The molecule has 15 heavy (non-hydrogen) atoms. The minimum atomic E-state index is 0.618. The lowest BCUT2D eigenvalue weighted by atomic mass is 10.2. The van der Waals surface area contributed by atoms with E-state index in [1.165, 1.54) is 5.56 Å². The molecule has 0 fully saturated rings. The van der Waals surface area contributed by atoms with Gasteiger partial charge in [0.05, 0.1) is 0 Å². The Morgan fingerprint density at radius 2 is 2.47 bits per heavy atom. The fraction of sp³-hybridized carbons (Fsp3) is 0.182. The van der Waals surface area contributed by atoms with Crippen molar-refractivity contribution in [1.82, 2.24) is 15.3 Å². The Balaban J connectivity index is 2.11. The standard InChI is InChI=1S/C11H12ClN3/c1-8(12)5-13-6-9-7-15-11-10(9)3-2-4-14-11/h2-4,7,13H,1,5-6H2,(H,14,15). The predicted octanol–water partition coefficient (Wildman–Crippen LogP) is 2.41. The minimum Gasteiger partial charge on any atom is -0.346 e. The molecule has 0 aliphatic rings. The van der Waals surface area contributed by atoms with Gasteiger partial charge in [-0.25, -0.2) is 4.98 Å². The first-order chi connectivity index (χ1) is 7.27. The van der Waals surface area contributed by atoms with Gasteiger partial charge < -0.3 is 10.3 Å². The predicted molar refractivity (Wildman–Crippen MR) is 62.8 cm³/mol. The lowest BCUT2D eigenvalue weighted by Gasteiger charge is -2.01. The molecule has 0 saturated heterocycles. The van der Waals surface area contributed by atoms with Gasteiger partial charge in [-0.05, 0) is 17.7 Å². The van der Waals surface area contributed by atoms with E-state index in [0.717, 1.165) is 17.6 Å². The summed E-state index contributed by atoms with van der Waals surface area (Å²) in [6.07, 6.45) is 3.73. The van der Waals surface area contributed by atoms with Crippen LogP contribution in [0.15, 0.2) is 36.1 Å². The zero-order valence-electron chi connectivity index (χ0n) is 8.26. The molecular formula is C11H12ClN3. The first-order valence-electron chi connectivity index (χ1n) is 4.72. The molecule has 0 spiro atoms. The average Bonchev–Trinajstić information content (AvgIpc) is 2.62. The Labute approximate surface area is 93.2 Å². The highest BCUT2D eigenvalue weighted by molar-refractivity contribution is 6.29. The van der Waals surface area contributed by atoms with Crippen molar-refractivity contribution in [2.24, 2.45) is 0 Å². The Bertz CT molecular complexity index is 475. The van der Waals surface area contributed by atoms with Crippen LogP contribution in [0.1, 0.15) is 5.56 Å². The van der Waals surface area contributed by atoms with Gasteiger partial charge in [-0.15, -0.1) is 0 Å². The number of pyridine rings is 1. The number of H-pyrrole nitrogens is 1. The van der Waals surface area contributed by atoms with E-state index in [9.17, 15) is 0 Å². The second kappa shape index (κ2) is 4.47. The van der Waals surface area contributed by atoms with Crippen molar-refractivity contribution in [2.75, 3.05) is 6.54 Å². The number of hydrogen-bond donors (Lipinski definition) is 2. The van der Waals surface area contributed by atoms with Crippen LogP contribution in [0.3, 0.4) is 0 Å². The number of halogens is 1. The van der Waals surface area contributed by atoms with E-state index in [2.05, 4.69) is 21.9 Å². The van der Waals surface area contributed by atoms with Gasteiger partial charge in [0.2, 0.25) is 0 Å². The second-order valence-electron chi connectivity index (χ2n) is 3.33. The van der Waals surface area contributed by atoms with Crippen LogP contribution in [-0.2, 0) is 6.54 Å². The number of hydrogen-bond acceptors (Lipinski definition) is 2. The van der Waals surface area contributed by atoms with Crippen molar-refractivity contribution in [1.29, 1.82) is 0 Å². The molecule has 4 heteroatoms. The SMILES string of the molecule is C=C(Cl)CNCc1c[nH]c2ncccc12. The van der Waals surface area contributed by atoms with Crippen LogP contribution in [-0.4, -0.2) is 16.5 Å². The molecule has 3 nitrogen and oxygen atoms in total. The maximum absolute atomic E-state index is 5.66. The number of aromatic amines is 1. The summed E-state index contributed by atoms with van der Waals surface area (Å²) >= 11 is 5.66. The van der Waals surface area contributed by atoms with Gasteiger partial charge in [-0.2, -0.15) is 0 Å². The summed E-state index contributed by atoms with van der Waals surface area (Å²) in [5, 5.41) is 4.96. The van der Waals surface area contributed by atoms with Crippen molar-refractivity contribution in [3.05, 3.63) is 41.7 Å². The fourth-order valence-corrected chi connectivity index (χ4v) is 1.59. The van der Waals surface area contributed by atoms with E-state index < -0.39 is 0 Å². The van der Waals surface area contributed by atoms with Crippen LogP contribution in [0.4, 0.5) is 0 Å². The molecule has 0 unspecified atom stereocenters. The largest absolute Gasteiger partial charge is 0.346 e. The van der Waals surface area contributed by atoms with Gasteiger partial charge >= 0.3 is 0 Å². The van der Waals surface area contributed by atoms with Gasteiger partial charge in [0.1, 0.15) is 5.65 Å². The summed E-state index contributed by atoms with van der Waals surface area (Å²) in [5.41, 5.74) is 2.11. The molecule has 2 N–H and O–H groups in total. The van der Waals surface area contributed by atoms with Gasteiger partial charge in [0.15, 0.2) is 0 Å². The first kappa shape index (κ1) is 10.2. The quantitative estimate of drug-likeness (QED) is 0.833. The number of fused-ring (bicyclic) bond motifs is 1. The van der Waals surface area contributed by atoms with Crippen LogP contribution >= 0.6 is 11.6 Å². The number of aromatic nitrogens is 2. The highest BCUT2D eigenvalue weighted by Gasteiger charge is 2.02. The van der Waals surface area contributed by atoms with Gasteiger partial charge in [0.25, 0.3) is 0 Å². The maximum atomic E-state index is 5.66. The van der Waals surface area contributed by atoms with E-state index in [0.29, 0.717) is 11.6 Å². The van der Waals surface area contributed by atoms with Gasteiger partial charge in [-0.1, -0.05) is 18.2 Å². The van der Waals surface area contributed by atoms with Crippen molar-refractivity contribution in [3.63, 3.8) is 0 Å². The summed E-state index contributed by atoms with van der Waals surface area (Å²) in [7, 11) is 0.